The number of amides is 2. The minimum absolute atomic E-state index is 0. The Kier molecular flexibility index (Phi) is 11.0. The summed E-state index contributed by atoms with van der Waals surface area (Å²) in [4.78, 5) is 34.2. The molecule has 0 aliphatic heterocycles. The van der Waals surface area contributed by atoms with E-state index in [-0.39, 0.29) is 26.5 Å². The summed E-state index contributed by atoms with van der Waals surface area (Å²) in [5, 5.41) is 5.89. The first-order valence-corrected chi connectivity index (χ1v) is 11.5. The maximum absolute atomic E-state index is 13.4. The third-order valence-electron chi connectivity index (χ3n) is 4.82. The zero-order chi connectivity index (χ0) is 24.2. The van der Waals surface area contributed by atoms with Gasteiger partial charge in [-0.05, 0) is 38.7 Å². The van der Waals surface area contributed by atoms with Gasteiger partial charge in [0.15, 0.2) is 0 Å². The molecule has 0 saturated heterocycles. The molecule has 2 N–H and O–H groups in total. The molecule has 0 radical (unpaired) electrons. The molecule has 2 rings (SSSR count). The Labute approximate surface area is 200 Å². The highest BCUT2D eigenvalue weighted by Crippen LogP contribution is 2.13. The van der Waals surface area contributed by atoms with Crippen LogP contribution in [0.5, 0.6) is 0 Å². The first-order chi connectivity index (χ1) is 15.8. The van der Waals surface area contributed by atoms with E-state index in [9.17, 15) is 9.59 Å². The van der Waals surface area contributed by atoms with Crippen molar-refractivity contribution in [1.29, 1.82) is 0 Å². The normalized spacial score (nSPS) is 12.9. The molecule has 1 aromatic carbocycles. The summed E-state index contributed by atoms with van der Waals surface area (Å²) >= 11 is 0. The fraction of sp³-hybridized carbons (Fsp3) is 0.500. The standard InChI is InChI=1S/C24H35BN4O4.2H2/c1-6-32-25(33-18(4)5)22(14-17(2)3)29-23(30)20(15-19-10-8-7-9-11-19)28-24(31)21-16-26-12-13-27-21;;/h7-13,16-18,20,22H,6,14-15H2,1-5H3,(H,28,31)(H,29,30);2*1H. The molecule has 2 atom stereocenters. The Morgan fingerprint density at radius 3 is 2.39 bits per heavy atom. The van der Waals surface area contributed by atoms with Crippen LogP contribution in [0.3, 0.4) is 0 Å². The quantitative estimate of drug-likeness (QED) is 0.447. The molecule has 2 unspecified atom stereocenters. The van der Waals surface area contributed by atoms with Crippen molar-refractivity contribution in [3.05, 3.63) is 60.2 Å². The van der Waals surface area contributed by atoms with E-state index in [1.165, 1.54) is 18.6 Å². The van der Waals surface area contributed by atoms with Gasteiger partial charge in [-0.2, -0.15) is 0 Å². The second-order valence-electron chi connectivity index (χ2n) is 8.56. The lowest BCUT2D eigenvalue weighted by molar-refractivity contribution is -0.123. The number of benzene rings is 1. The third kappa shape index (κ3) is 9.31. The van der Waals surface area contributed by atoms with Crippen LogP contribution >= 0.6 is 0 Å². The van der Waals surface area contributed by atoms with Crippen molar-refractivity contribution < 1.29 is 21.8 Å². The van der Waals surface area contributed by atoms with Gasteiger partial charge in [-0.1, -0.05) is 44.2 Å². The van der Waals surface area contributed by atoms with Crippen molar-refractivity contribution in [3.63, 3.8) is 0 Å². The van der Waals surface area contributed by atoms with Gasteiger partial charge in [0.2, 0.25) is 5.91 Å². The first kappa shape index (κ1) is 26.5. The number of hydrogen-bond acceptors (Lipinski definition) is 6. The van der Waals surface area contributed by atoms with E-state index < -0.39 is 19.1 Å². The SMILES string of the molecule is CCOB(OC(C)C)C(CC(C)C)NC(=O)C(Cc1ccccc1)NC(=O)c1cnccn1.[HH].[HH]. The lowest BCUT2D eigenvalue weighted by atomic mass is 9.73. The molecule has 33 heavy (non-hydrogen) atoms. The lowest BCUT2D eigenvalue weighted by Crippen LogP contribution is -2.56. The summed E-state index contributed by atoms with van der Waals surface area (Å²) in [6, 6.07) is 8.75. The van der Waals surface area contributed by atoms with Crippen LogP contribution in [0.4, 0.5) is 0 Å². The molecular formula is C24H39BN4O4. The number of hydrogen-bond donors (Lipinski definition) is 2. The van der Waals surface area contributed by atoms with Gasteiger partial charge in [-0.25, -0.2) is 4.98 Å². The van der Waals surface area contributed by atoms with Crippen LogP contribution in [0, 0.1) is 5.92 Å². The van der Waals surface area contributed by atoms with Gasteiger partial charge in [-0.3, -0.25) is 14.6 Å². The monoisotopic (exact) mass is 458 g/mol. The summed E-state index contributed by atoms with van der Waals surface area (Å²) in [5.41, 5.74) is 1.08. The maximum atomic E-state index is 13.4. The molecule has 2 amide bonds. The second-order valence-corrected chi connectivity index (χ2v) is 8.56. The largest absolute Gasteiger partial charge is 0.481 e. The van der Waals surface area contributed by atoms with Gasteiger partial charge < -0.3 is 19.9 Å². The van der Waals surface area contributed by atoms with E-state index >= 15 is 0 Å². The van der Waals surface area contributed by atoms with Crippen LogP contribution in [0.25, 0.3) is 0 Å². The molecule has 0 fully saturated rings. The summed E-state index contributed by atoms with van der Waals surface area (Å²) in [6.45, 7) is 10.4. The van der Waals surface area contributed by atoms with Crippen molar-refractivity contribution >= 4 is 18.9 Å². The smallest absolute Gasteiger partial charge is 0.410 e. The molecule has 0 aliphatic carbocycles. The van der Waals surface area contributed by atoms with E-state index in [2.05, 4.69) is 34.4 Å². The molecule has 1 aromatic heterocycles. The van der Waals surface area contributed by atoms with Gasteiger partial charge in [0.1, 0.15) is 11.7 Å². The Morgan fingerprint density at radius 1 is 1.09 bits per heavy atom. The Hall–Kier alpha value is -2.78. The summed E-state index contributed by atoms with van der Waals surface area (Å²) < 4.78 is 11.8. The van der Waals surface area contributed by atoms with Crippen molar-refractivity contribution in [1.82, 2.24) is 20.6 Å². The summed E-state index contributed by atoms with van der Waals surface area (Å²) in [6.07, 6.45) is 5.23. The fourth-order valence-electron chi connectivity index (χ4n) is 3.42. The summed E-state index contributed by atoms with van der Waals surface area (Å²) in [5.74, 6) is -0.833. The van der Waals surface area contributed by atoms with Gasteiger partial charge in [0.25, 0.3) is 5.91 Å². The number of carbonyl (C=O) groups is 2. The number of nitrogens with zero attached hydrogens (tertiary/aromatic N) is 2. The van der Waals surface area contributed by atoms with Crippen molar-refractivity contribution in [2.75, 3.05) is 6.61 Å². The molecule has 9 heteroatoms. The zero-order valence-corrected chi connectivity index (χ0v) is 20.2. The van der Waals surface area contributed by atoms with E-state index in [1.54, 1.807) is 0 Å². The number of nitrogens with one attached hydrogen (secondary N) is 2. The van der Waals surface area contributed by atoms with Gasteiger partial charge in [0.05, 0.1) is 12.1 Å². The predicted octanol–water partition coefficient (Wildman–Crippen LogP) is 3.33. The Balaban J connectivity index is 0.00000578. The molecule has 8 nitrogen and oxygen atoms in total. The average Bonchev–Trinajstić information content (AvgIpc) is 2.78. The minimum atomic E-state index is -0.808. The molecule has 182 valence electrons. The minimum Gasteiger partial charge on any atom is -0.410 e. The van der Waals surface area contributed by atoms with E-state index in [1.807, 2.05) is 51.1 Å². The van der Waals surface area contributed by atoms with Crippen LogP contribution in [-0.2, 0) is 20.5 Å². The highest BCUT2D eigenvalue weighted by molar-refractivity contribution is 6.47. The molecule has 1 heterocycles. The van der Waals surface area contributed by atoms with Crippen LogP contribution in [0.2, 0.25) is 0 Å². The van der Waals surface area contributed by atoms with Gasteiger partial charge >= 0.3 is 7.12 Å². The van der Waals surface area contributed by atoms with Crippen LogP contribution in [0.1, 0.15) is 59.9 Å². The Morgan fingerprint density at radius 2 is 1.82 bits per heavy atom. The first-order valence-electron chi connectivity index (χ1n) is 11.5. The highest BCUT2D eigenvalue weighted by atomic mass is 16.6. The maximum Gasteiger partial charge on any atom is 0.481 e. The Bertz CT molecular complexity index is 863. The topological polar surface area (TPSA) is 102 Å². The molecule has 0 aliphatic rings. The molecule has 0 saturated carbocycles. The third-order valence-corrected chi connectivity index (χ3v) is 4.82. The van der Waals surface area contributed by atoms with Gasteiger partial charge in [0, 0.05) is 34.4 Å². The number of aromatic nitrogens is 2. The second kappa shape index (κ2) is 13.7. The number of carbonyl (C=O) groups excluding carboxylic acids is 2. The van der Waals surface area contributed by atoms with Crippen molar-refractivity contribution in [3.8, 4) is 0 Å². The zero-order valence-electron chi connectivity index (χ0n) is 20.2. The average molecular weight is 458 g/mol. The van der Waals surface area contributed by atoms with Gasteiger partial charge in [-0.15, -0.1) is 0 Å². The van der Waals surface area contributed by atoms with Crippen LogP contribution in [0.15, 0.2) is 48.9 Å². The highest BCUT2D eigenvalue weighted by Gasteiger charge is 2.35. The predicted molar refractivity (Wildman–Crippen MR) is 133 cm³/mol. The molecular weight excluding hydrogens is 419 g/mol. The molecule has 0 spiro atoms. The molecule has 2 aromatic rings. The van der Waals surface area contributed by atoms with E-state index in [0.29, 0.717) is 25.4 Å². The van der Waals surface area contributed by atoms with Crippen LogP contribution in [-0.4, -0.2) is 53.6 Å². The van der Waals surface area contributed by atoms with E-state index in [0.717, 1.165) is 5.56 Å². The van der Waals surface area contributed by atoms with Crippen molar-refractivity contribution in [2.45, 2.75) is 65.5 Å². The summed E-state index contributed by atoms with van der Waals surface area (Å²) in [7, 11) is -0.589. The lowest BCUT2D eigenvalue weighted by Gasteiger charge is -2.29. The van der Waals surface area contributed by atoms with Crippen molar-refractivity contribution in [2.24, 2.45) is 5.92 Å². The fourth-order valence-corrected chi connectivity index (χ4v) is 3.42. The number of rotatable bonds is 13. The van der Waals surface area contributed by atoms with E-state index in [4.69, 9.17) is 9.31 Å². The molecule has 0 bridgehead atoms. The van der Waals surface area contributed by atoms with Crippen LogP contribution < -0.4 is 10.6 Å².